The molecule has 0 radical (unpaired) electrons. The van der Waals surface area contributed by atoms with Crippen molar-refractivity contribution in [3.05, 3.63) is 69.2 Å². The Morgan fingerprint density at radius 1 is 0.952 bits per heavy atom. The van der Waals surface area contributed by atoms with Gasteiger partial charge in [-0.3, -0.25) is 0 Å². The second-order valence-corrected chi connectivity index (χ2v) is 7.12. The Morgan fingerprint density at radius 3 is 1.95 bits per heavy atom. The summed E-state index contributed by atoms with van der Waals surface area (Å²) in [6.45, 7) is 6.54. The van der Waals surface area contributed by atoms with E-state index in [9.17, 15) is 5.11 Å². The van der Waals surface area contributed by atoms with Crippen molar-refractivity contribution in [1.29, 1.82) is 0 Å². The minimum atomic E-state index is -0.702. The maximum absolute atomic E-state index is 10.4. The molecule has 1 atom stereocenters. The van der Waals surface area contributed by atoms with Gasteiger partial charge in [0.1, 0.15) is 0 Å². The van der Waals surface area contributed by atoms with Gasteiger partial charge < -0.3 is 5.11 Å². The summed E-state index contributed by atoms with van der Waals surface area (Å²) in [5.41, 5.74) is 3.06. The lowest BCUT2D eigenvalue weighted by molar-refractivity contribution is 0.178. The van der Waals surface area contributed by atoms with E-state index >= 15 is 0 Å². The zero-order valence-electron chi connectivity index (χ0n) is 12.5. The highest BCUT2D eigenvalue weighted by Gasteiger charge is 2.17. The van der Waals surface area contributed by atoms with Crippen LogP contribution in [0.1, 0.15) is 43.6 Å². The van der Waals surface area contributed by atoms with Gasteiger partial charge in [0.05, 0.1) is 6.10 Å². The Morgan fingerprint density at radius 2 is 1.48 bits per heavy atom. The summed E-state index contributed by atoms with van der Waals surface area (Å²) in [7, 11) is 0. The molecule has 0 aliphatic carbocycles. The molecule has 21 heavy (non-hydrogen) atoms. The molecular weight excluding hydrogens is 303 g/mol. The van der Waals surface area contributed by atoms with Crippen LogP contribution in [0, 0.1) is 0 Å². The summed E-state index contributed by atoms with van der Waals surface area (Å²) in [5, 5.41) is 11.4. The first-order valence-corrected chi connectivity index (χ1v) is 7.76. The summed E-state index contributed by atoms with van der Waals surface area (Å²) in [6.07, 6.45) is -0.208. The molecule has 1 nitrogen and oxygen atoms in total. The van der Waals surface area contributed by atoms with Crippen LogP contribution >= 0.6 is 23.2 Å². The highest BCUT2D eigenvalue weighted by molar-refractivity contribution is 6.36. The van der Waals surface area contributed by atoms with E-state index in [1.807, 2.05) is 0 Å². The maximum Gasteiger partial charge on any atom is 0.0859 e. The molecule has 1 N–H and O–H groups in total. The standard InChI is InChI=1S/C18H20Cl2O/c1-18(2,3)13-9-7-12(8-10-13)11-16(21)17-14(19)5-4-6-15(17)20/h4-10,16,21H,11H2,1-3H3. The van der Waals surface area contributed by atoms with Gasteiger partial charge in [0, 0.05) is 22.0 Å². The van der Waals surface area contributed by atoms with E-state index in [0.717, 1.165) is 5.56 Å². The van der Waals surface area contributed by atoms with Crippen molar-refractivity contribution >= 4 is 23.2 Å². The highest BCUT2D eigenvalue weighted by atomic mass is 35.5. The van der Waals surface area contributed by atoms with Crippen LogP contribution in [0.2, 0.25) is 10.0 Å². The van der Waals surface area contributed by atoms with Crippen LogP contribution in [0.5, 0.6) is 0 Å². The van der Waals surface area contributed by atoms with Gasteiger partial charge in [-0.05, 0) is 28.7 Å². The third-order valence-corrected chi connectivity index (χ3v) is 4.24. The van der Waals surface area contributed by atoms with Crippen molar-refractivity contribution in [1.82, 2.24) is 0 Å². The Labute approximate surface area is 136 Å². The molecular formula is C18H20Cl2O. The van der Waals surface area contributed by atoms with Crippen LogP contribution in [0.3, 0.4) is 0 Å². The Kier molecular flexibility index (Phi) is 4.98. The van der Waals surface area contributed by atoms with Gasteiger partial charge in [0.15, 0.2) is 0 Å². The number of hydrogen-bond donors (Lipinski definition) is 1. The molecule has 0 spiro atoms. The first kappa shape index (κ1) is 16.4. The normalized spacial score (nSPS) is 13.2. The molecule has 0 amide bonds. The van der Waals surface area contributed by atoms with Crippen LogP contribution in [0.15, 0.2) is 42.5 Å². The third kappa shape index (κ3) is 4.00. The van der Waals surface area contributed by atoms with Gasteiger partial charge >= 0.3 is 0 Å². The summed E-state index contributed by atoms with van der Waals surface area (Å²) in [6, 6.07) is 13.6. The van der Waals surface area contributed by atoms with Gasteiger partial charge in [0.25, 0.3) is 0 Å². The SMILES string of the molecule is CC(C)(C)c1ccc(CC(O)c2c(Cl)cccc2Cl)cc1. The minimum absolute atomic E-state index is 0.128. The zero-order valence-corrected chi connectivity index (χ0v) is 14.0. The van der Waals surface area contributed by atoms with E-state index in [0.29, 0.717) is 22.0 Å². The van der Waals surface area contributed by atoms with E-state index in [1.165, 1.54) is 5.56 Å². The number of aliphatic hydroxyl groups excluding tert-OH is 1. The van der Waals surface area contributed by atoms with E-state index in [4.69, 9.17) is 23.2 Å². The molecule has 112 valence electrons. The third-order valence-electron chi connectivity index (χ3n) is 3.58. The van der Waals surface area contributed by atoms with Gasteiger partial charge in [-0.15, -0.1) is 0 Å². The minimum Gasteiger partial charge on any atom is -0.388 e. The quantitative estimate of drug-likeness (QED) is 0.783. The predicted molar refractivity (Wildman–Crippen MR) is 90.3 cm³/mol. The molecule has 0 aliphatic heterocycles. The monoisotopic (exact) mass is 322 g/mol. The van der Waals surface area contributed by atoms with Gasteiger partial charge in [-0.2, -0.15) is 0 Å². The maximum atomic E-state index is 10.4. The van der Waals surface area contributed by atoms with Crippen molar-refractivity contribution in [2.75, 3.05) is 0 Å². The van der Waals surface area contributed by atoms with Crippen molar-refractivity contribution in [2.24, 2.45) is 0 Å². The summed E-state index contributed by atoms with van der Waals surface area (Å²) in [5.74, 6) is 0. The molecule has 0 aromatic heterocycles. The molecule has 0 fully saturated rings. The van der Waals surface area contributed by atoms with Gasteiger partial charge in [0.2, 0.25) is 0 Å². The van der Waals surface area contributed by atoms with Crippen molar-refractivity contribution in [3.8, 4) is 0 Å². The predicted octanol–water partition coefficient (Wildman–Crippen LogP) is 5.57. The molecule has 0 saturated heterocycles. The van der Waals surface area contributed by atoms with Crippen molar-refractivity contribution in [2.45, 2.75) is 38.7 Å². The molecule has 1 unspecified atom stereocenters. The Bertz CT molecular complexity index is 592. The molecule has 0 heterocycles. The molecule has 0 aliphatic rings. The fourth-order valence-corrected chi connectivity index (χ4v) is 2.94. The molecule has 0 saturated carbocycles. The Balaban J connectivity index is 2.18. The van der Waals surface area contributed by atoms with Crippen LogP contribution < -0.4 is 0 Å². The number of halogens is 2. The number of hydrogen-bond acceptors (Lipinski definition) is 1. The van der Waals surface area contributed by atoms with E-state index in [-0.39, 0.29) is 5.41 Å². The number of benzene rings is 2. The molecule has 3 heteroatoms. The smallest absolute Gasteiger partial charge is 0.0859 e. The lowest BCUT2D eigenvalue weighted by Crippen LogP contribution is -2.11. The Hall–Kier alpha value is -1.02. The second-order valence-electron chi connectivity index (χ2n) is 6.30. The highest BCUT2D eigenvalue weighted by Crippen LogP contribution is 2.32. The molecule has 2 aromatic carbocycles. The summed E-state index contributed by atoms with van der Waals surface area (Å²) < 4.78 is 0. The average Bonchev–Trinajstić information content (AvgIpc) is 2.38. The lowest BCUT2D eigenvalue weighted by atomic mass is 9.86. The van der Waals surface area contributed by atoms with Crippen LogP contribution in [-0.4, -0.2) is 5.11 Å². The van der Waals surface area contributed by atoms with Crippen LogP contribution in [0.25, 0.3) is 0 Å². The van der Waals surface area contributed by atoms with E-state index in [1.54, 1.807) is 18.2 Å². The summed E-state index contributed by atoms with van der Waals surface area (Å²) >= 11 is 12.3. The van der Waals surface area contributed by atoms with Crippen molar-refractivity contribution < 1.29 is 5.11 Å². The van der Waals surface area contributed by atoms with Crippen molar-refractivity contribution in [3.63, 3.8) is 0 Å². The second kappa shape index (κ2) is 6.39. The molecule has 2 aromatic rings. The topological polar surface area (TPSA) is 20.2 Å². The number of aliphatic hydroxyl groups is 1. The fraction of sp³-hybridized carbons (Fsp3) is 0.333. The largest absolute Gasteiger partial charge is 0.388 e. The number of rotatable bonds is 3. The van der Waals surface area contributed by atoms with E-state index in [2.05, 4.69) is 45.0 Å². The first-order valence-electron chi connectivity index (χ1n) is 7.00. The van der Waals surface area contributed by atoms with Gasteiger partial charge in [-0.1, -0.05) is 74.3 Å². The fourth-order valence-electron chi connectivity index (χ4n) is 2.30. The van der Waals surface area contributed by atoms with Crippen LogP contribution in [0.4, 0.5) is 0 Å². The lowest BCUT2D eigenvalue weighted by Gasteiger charge is -2.20. The molecule has 2 rings (SSSR count). The summed E-state index contributed by atoms with van der Waals surface area (Å²) in [4.78, 5) is 0. The first-order chi connectivity index (χ1) is 9.79. The molecule has 0 bridgehead atoms. The zero-order chi connectivity index (χ0) is 15.6. The van der Waals surface area contributed by atoms with Crippen LogP contribution in [-0.2, 0) is 11.8 Å². The van der Waals surface area contributed by atoms with Gasteiger partial charge in [-0.25, -0.2) is 0 Å². The average molecular weight is 323 g/mol. The van der Waals surface area contributed by atoms with E-state index < -0.39 is 6.10 Å².